The average Bonchev–Trinajstić information content (AvgIpc) is 3.26. The molecule has 174 valence electrons. The van der Waals surface area contributed by atoms with Gasteiger partial charge in [0.25, 0.3) is 5.56 Å². The van der Waals surface area contributed by atoms with Crippen LogP contribution in [0.4, 0.5) is 5.69 Å². The molecule has 0 saturated carbocycles. The van der Waals surface area contributed by atoms with Crippen LogP contribution in [0.15, 0.2) is 41.6 Å². The summed E-state index contributed by atoms with van der Waals surface area (Å²) in [4.78, 5) is 19.6. The molecule has 9 heteroatoms. The first-order valence-electron chi connectivity index (χ1n) is 11.4. The second-order valence-corrected chi connectivity index (χ2v) is 9.06. The highest BCUT2D eigenvalue weighted by molar-refractivity contribution is 6.33. The van der Waals surface area contributed by atoms with E-state index in [1.807, 2.05) is 23.1 Å². The monoisotopic (exact) mass is 469 g/mol. The van der Waals surface area contributed by atoms with E-state index in [-0.39, 0.29) is 29.5 Å². The van der Waals surface area contributed by atoms with Crippen LogP contribution in [-0.4, -0.2) is 44.2 Å². The Hall–Kier alpha value is -2.68. The van der Waals surface area contributed by atoms with Gasteiger partial charge in [-0.1, -0.05) is 35.9 Å². The highest BCUT2D eigenvalue weighted by atomic mass is 35.5. The van der Waals surface area contributed by atoms with Crippen LogP contribution >= 0.6 is 11.6 Å². The molecule has 1 fully saturated rings. The van der Waals surface area contributed by atoms with Crippen LogP contribution in [-0.2, 0) is 17.7 Å². The molecule has 2 aromatic heterocycles. The van der Waals surface area contributed by atoms with Gasteiger partial charge in [-0.2, -0.15) is 9.78 Å². The number of aryl methyl sites for hydroxylation is 1. The molecule has 2 aliphatic heterocycles. The predicted octanol–water partition coefficient (Wildman–Crippen LogP) is 3.25. The van der Waals surface area contributed by atoms with E-state index < -0.39 is 0 Å². The number of hydrogen-bond acceptors (Lipinski definition) is 6. The molecule has 1 aromatic carbocycles. The van der Waals surface area contributed by atoms with Crippen LogP contribution in [0.5, 0.6) is 0 Å². The van der Waals surface area contributed by atoms with Crippen LogP contribution < -0.4 is 10.5 Å². The Morgan fingerprint density at radius 3 is 2.91 bits per heavy atom. The minimum atomic E-state index is -0.349. The first kappa shape index (κ1) is 22.1. The van der Waals surface area contributed by atoms with Crippen molar-refractivity contribution in [2.45, 2.75) is 51.4 Å². The lowest BCUT2D eigenvalue weighted by atomic mass is 10.0. The predicted molar refractivity (Wildman–Crippen MR) is 126 cm³/mol. The topological polar surface area (TPSA) is 85.4 Å². The second kappa shape index (κ2) is 9.29. The maximum atomic E-state index is 12.9. The number of aliphatic hydroxyl groups is 1. The fraction of sp³-hybridized carbons (Fsp3) is 0.458. The van der Waals surface area contributed by atoms with E-state index in [0.717, 1.165) is 48.2 Å². The average molecular weight is 470 g/mol. The summed E-state index contributed by atoms with van der Waals surface area (Å²) in [5.74, 6) is 0. The summed E-state index contributed by atoms with van der Waals surface area (Å²) in [5, 5.41) is 14.7. The van der Waals surface area contributed by atoms with Crippen molar-refractivity contribution < 1.29 is 9.84 Å². The maximum Gasteiger partial charge on any atom is 0.290 e. The van der Waals surface area contributed by atoms with Gasteiger partial charge in [0.1, 0.15) is 5.02 Å². The van der Waals surface area contributed by atoms with Gasteiger partial charge in [0.2, 0.25) is 0 Å². The van der Waals surface area contributed by atoms with Crippen molar-refractivity contribution in [3.05, 3.63) is 74.7 Å². The third-order valence-corrected chi connectivity index (χ3v) is 7.05. The van der Waals surface area contributed by atoms with Gasteiger partial charge in [0, 0.05) is 25.3 Å². The van der Waals surface area contributed by atoms with Gasteiger partial charge in [-0.05, 0) is 37.3 Å². The van der Waals surface area contributed by atoms with E-state index in [1.54, 1.807) is 12.5 Å². The van der Waals surface area contributed by atoms with Crippen molar-refractivity contribution in [1.29, 1.82) is 0 Å². The molecule has 33 heavy (non-hydrogen) atoms. The molecule has 2 aliphatic rings. The number of nitrogens with zero attached hydrogens (tertiary/aromatic N) is 5. The quantitative estimate of drug-likeness (QED) is 0.617. The standard InChI is InChI=1S/C24H28ClN5O3/c1-16-6-2-3-7-17(16)21(14-31)29-15-26-18-13-28(10-9-19(18)29)20-12-27-30(24(32)23(20)25)22-8-4-5-11-33-22/h2-3,6-7,12,15,21-22,31H,4-5,8-11,13-14H2,1H3. The Bertz CT molecular complexity index is 1200. The van der Waals surface area contributed by atoms with Crippen LogP contribution in [0.25, 0.3) is 0 Å². The minimum absolute atomic E-state index is 0.00538. The van der Waals surface area contributed by atoms with Gasteiger partial charge >= 0.3 is 0 Å². The van der Waals surface area contributed by atoms with Crippen LogP contribution in [0, 0.1) is 6.92 Å². The summed E-state index contributed by atoms with van der Waals surface area (Å²) in [6.45, 7) is 3.88. The zero-order valence-electron chi connectivity index (χ0n) is 18.7. The molecule has 8 nitrogen and oxygen atoms in total. The third kappa shape index (κ3) is 4.07. The van der Waals surface area contributed by atoms with Crippen LogP contribution in [0.2, 0.25) is 5.02 Å². The Balaban J connectivity index is 1.40. The molecular formula is C24H28ClN5O3. The van der Waals surface area contributed by atoms with Gasteiger partial charge < -0.3 is 19.3 Å². The summed E-state index contributed by atoms with van der Waals surface area (Å²) in [7, 11) is 0. The van der Waals surface area contributed by atoms with Gasteiger partial charge in [-0.15, -0.1) is 0 Å². The molecule has 0 aliphatic carbocycles. The number of imidazole rings is 1. The fourth-order valence-corrected chi connectivity index (χ4v) is 5.14. The molecule has 2 unspecified atom stereocenters. The lowest BCUT2D eigenvalue weighted by Gasteiger charge is -2.31. The van der Waals surface area contributed by atoms with E-state index in [9.17, 15) is 9.90 Å². The Kier molecular flexibility index (Phi) is 6.23. The Morgan fingerprint density at radius 1 is 1.30 bits per heavy atom. The summed E-state index contributed by atoms with van der Waals surface area (Å²) < 4.78 is 9.15. The van der Waals surface area contributed by atoms with Gasteiger partial charge in [0.15, 0.2) is 6.23 Å². The molecule has 0 radical (unpaired) electrons. The second-order valence-electron chi connectivity index (χ2n) is 8.69. The smallest absolute Gasteiger partial charge is 0.290 e. The van der Waals surface area contributed by atoms with E-state index in [1.165, 1.54) is 4.68 Å². The Labute approximate surface area is 197 Å². The largest absolute Gasteiger partial charge is 0.394 e. The number of fused-ring (bicyclic) bond motifs is 1. The first-order valence-corrected chi connectivity index (χ1v) is 11.8. The van der Waals surface area contributed by atoms with E-state index >= 15 is 0 Å². The molecule has 3 aromatic rings. The number of aromatic nitrogens is 4. The first-order chi connectivity index (χ1) is 16.1. The highest BCUT2D eigenvalue weighted by Gasteiger charge is 2.28. The van der Waals surface area contributed by atoms with E-state index in [4.69, 9.17) is 16.3 Å². The lowest BCUT2D eigenvalue weighted by Crippen LogP contribution is -2.36. The van der Waals surface area contributed by atoms with Crippen molar-refractivity contribution in [2.24, 2.45) is 0 Å². The van der Waals surface area contributed by atoms with Crippen molar-refractivity contribution in [2.75, 3.05) is 24.7 Å². The number of benzene rings is 1. The molecule has 0 bridgehead atoms. The number of anilines is 1. The molecular weight excluding hydrogens is 442 g/mol. The van der Waals surface area contributed by atoms with Crippen molar-refractivity contribution >= 4 is 17.3 Å². The van der Waals surface area contributed by atoms with Gasteiger partial charge in [-0.3, -0.25) is 4.79 Å². The Morgan fingerprint density at radius 2 is 2.15 bits per heavy atom. The fourth-order valence-electron chi connectivity index (χ4n) is 4.88. The number of rotatable bonds is 5. The number of aliphatic hydroxyl groups excluding tert-OH is 1. The molecule has 0 spiro atoms. The number of hydrogen-bond donors (Lipinski definition) is 1. The summed E-state index contributed by atoms with van der Waals surface area (Å²) >= 11 is 6.52. The van der Waals surface area contributed by atoms with Crippen molar-refractivity contribution in [3.63, 3.8) is 0 Å². The third-order valence-electron chi connectivity index (χ3n) is 6.69. The van der Waals surface area contributed by atoms with Crippen molar-refractivity contribution in [3.8, 4) is 0 Å². The molecule has 4 heterocycles. The number of halogens is 1. The molecule has 1 N–H and O–H groups in total. The lowest BCUT2D eigenvalue weighted by molar-refractivity contribution is -0.0424. The minimum Gasteiger partial charge on any atom is -0.394 e. The van der Waals surface area contributed by atoms with E-state index in [2.05, 4.69) is 27.6 Å². The maximum absolute atomic E-state index is 12.9. The number of ether oxygens (including phenoxy) is 1. The van der Waals surface area contributed by atoms with Gasteiger partial charge in [0.05, 0.1) is 43.1 Å². The normalized spacial score (nSPS) is 19.4. The van der Waals surface area contributed by atoms with Crippen LogP contribution in [0.3, 0.4) is 0 Å². The molecule has 1 saturated heterocycles. The molecule has 0 amide bonds. The summed E-state index contributed by atoms with van der Waals surface area (Å²) in [6, 6.07) is 7.91. The molecule has 5 rings (SSSR count). The van der Waals surface area contributed by atoms with Crippen molar-refractivity contribution in [1.82, 2.24) is 19.3 Å². The summed E-state index contributed by atoms with van der Waals surface area (Å²) in [6.07, 6.45) is 6.61. The summed E-state index contributed by atoms with van der Waals surface area (Å²) in [5.41, 5.74) is 4.54. The zero-order chi connectivity index (χ0) is 22.9. The highest BCUT2D eigenvalue weighted by Crippen LogP contribution is 2.31. The zero-order valence-corrected chi connectivity index (χ0v) is 19.4. The van der Waals surface area contributed by atoms with Crippen LogP contribution in [0.1, 0.15) is 54.0 Å². The van der Waals surface area contributed by atoms with E-state index in [0.29, 0.717) is 25.4 Å². The molecule has 2 atom stereocenters. The van der Waals surface area contributed by atoms with Gasteiger partial charge in [-0.25, -0.2) is 4.98 Å². The SMILES string of the molecule is Cc1ccccc1C(CO)n1cnc2c1CCN(c1cnn(C3CCCCO3)c(=O)c1Cl)C2.